The van der Waals surface area contributed by atoms with E-state index in [4.69, 9.17) is 17.0 Å². The molecule has 1 atom stereocenters. The predicted molar refractivity (Wildman–Crippen MR) is 55.2 cm³/mol. The summed E-state index contributed by atoms with van der Waals surface area (Å²) < 4.78 is 6.56. The minimum Gasteiger partial charge on any atom is -0.464 e. The molecular weight excluding hydrogens is 216 g/mol. The maximum absolute atomic E-state index is 11.6. The second kappa shape index (κ2) is 3.62. The maximum atomic E-state index is 11.6. The molecule has 2 heterocycles. The average molecular weight is 226 g/mol. The molecule has 5 nitrogen and oxygen atoms in total. The summed E-state index contributed by atoms with van der Waals surface area (Å²) in [6, 6.07) is -0.511. The molecule has 0 saturated carbocycles. The van der Waals surface area contributed by atoms with Gasteiger partial charge in [-0.05, 0) is 6.92 Å². The van der Waals surface area contributed by atoms with Gasteiger partial charge in [-0.1, -0.05) is 12.2 Å². The van der Waals surface area contributed by atoms with Gasteiger partial charge >= 0.3 is 11.7 Å². The van der Waals surface area contributed by atoms with Crippen molar-refractivity contribution in [3.8, 4) is 0 Å². The summed E-state index contributed by atoms with van der Waals surface area (Å²) in [7, 11) is 0. The van der Waals surface area contributed by atoms with Crippen molar-refractivity contribution in [3.63, 3.8) is 0 Å². The van der Waals surface area contributed by atoms with Crippen molar-refractivity contribution in [2.45, 2.75) is 19.4 Å². The predicted octanol–water partition coefficient (Wildman–Crippen LogP) is 0.702. The second-order valence-corrected chi connectivity index (χ2v) is 3.86. The number of aromatic nitrogens is 2. The number of nitrogens with one attached hydrogen (secondary N) is 1. The summed E-state index contributed by atoms with van der Waals surface area (Å²) in [6.45, 7) is 2.15. The lowest BCUT2D eigenvalue weighted by molar-refractivity contribution is -0.140. The zero-order valence-electron chi connectivity index (χ0n) is 8.15. The Bertz CT molecular complexity index is 517. The topological polar surface area (TPSA) is 64.1 Å². The molecule has 0 aliphatic carbocycles. The molecule has 0 aromatic carbocycles. The third-order valence-corrected chi connectivity index (χ3v) is 2.81. The van der Waals surface area contributed by atoms with Gasteiger partial charge in [-0.15, -0.1) is 0 Å². The number of H-pyrrole nitrogens is 1. The average Bonchev–Trinajstić information content (AvgIpc) is 2.58. The molecule has 0 radical (unpaired) electrons. The Morgan fingerprint density at radius 1 is 1.60 bits per heavy atom. The molecule has 1 saturated heterocycles. The fourth-order valence-corrected chi connectivity index (χ4v) is 1.70. The fraction of sp³-hybridized carbons (Fsp3) is 0.444. The van der Waals surface area contributed by atoms with E-state index < -0.39 is 6.04 Å². The summed E-state index contributed by atoms with van der Waals surface area (Å²) in [5, 5.41) is 0. The van der Waals surface area contributed by atoms with Crippen molar-refractivity contribution < 1.29 is 9.53 Å². The van der Waals surface area contributed by atoms with Crippen LogP contribution >= 0.6 is 12.2 Å². The van der Waals surface area contributed by atoms with E-state index >= 15 is 0 Å². The summed E-state index contributed by atoms with van der Waals surface area (Å²) in [4.78, 5) is 25.4. The Balaban J connectivity index is 2.53. The smallest absolute Gasteiger partial charge is 0.329 e. The minimum atomic E-state index is -0.511. The zero-order valence-corrected chi connectivity index (χ0v) is 8.97. The largest absolute Gasteiger partial charge is 0.464 e. The highest BCUT2D eigenvalue weighted by atomic mass is 32.1. The van der Waals surface area contributed by atoms with Crippen molar-refractivity contribution >= 4 is 18.2 Å². The maximum Gasteiger partial charge on any atom is 0.329 e. The summed E-state index contributed by atoms with van der Waals surface area (Å²) in [5.41, 5.74) is 0.402. The monoisotopic (exact) mass is 226 g/mol. The van der Waals surface area contributed by atoms with Crippen LogP contribution in [0.4, 0.5) is 0 Å². The molecule has 80 valence electrons. The number of cyclic esters (lactones) is 1. The first-order chi connectivity index (χ1) is 7.09. The molecule has 1 aliphatic rings. The molecule has 1 aromatic heterocycles. The number of aromatic amines is 1. The van der Waals surface area contributed by atoms with E-state index in [0.29, 0.717) is 17.7 Å². The first-order valence-corrected chi connectivity index (χ1v) is 4.99. The number of aryl methyl sites for hydroxylation is 1. The SMILES string of the molecule is Cc1cn(C2CCOC2=O)c(=O)[nH]c1=S. The number of ether oxygens (including phenoxy) is 1. The highest BCUT2D eigenvalue weighted by Gasteiger charge is 2.28. The number of hydrogen-bond acceptors (Lipinski definition) is 4. The third kappa shape index (κ3) is 1.72. The van der Waals surface area contributed by atoms with Gasteiger partial charge in [0.2, 0.25) is 0 Å². The normalized spacial score (nSPS) is 20.3. The van der Waals surface area contributed by atoms with E-state index in [-0.39, 0.29) is 11.7 Å². The lowest BCUT2D eigenvalue weighted by Crippen LogP contribution is -2.29. The number of nitrogens with zero attached hydrogens (tertiary/aromatic N) is 1. The van der Waals surface area contributed by atoms with Crippen molar-refractivity contribution in [2.75, 3.05) is 6.61 Å². The van der Waals surface area contributed by atoms with Gasteiger partial charge < -0.3 is 4.74 Å². The van der Waals surface area contributed by atoms with Crippen LogP contribution in [0.15, 0.2) is 11.0 Å². The van der Waals surface area contributed by atoms with E-state index in [9.17, 15) is 9.59 Å². The Hall–Kier alpha value is -1.43. The molecule has 6 heteroatoms. The molecule has 15 heavy (non-hydrogen) atoms. The Morgan fingerprint density at radius 2 is 2.33 bits per heavy atom. The van der Waals surface area contributed by atoms with Crippen molar-refractivity contribution in [3.05, 3.63) is 26.9 Å². The summed E-state index contributed by atoms with van der Waals surface area (Å²) >= 11 is 4.92. The van der Waals surface area contributed by atoms with Crippen LogP contribution in [0.2, 0.25) is 0 Å². The van der Waals surface area contributed by atoms with E-state index in [2.05, 4.69) is 4.98 Å². The van der Waals surface area contributed by atoms with Crippen molar-refractivity contribution in [1.29, 1.82) is 0 Å². The van der Waals surface area contributed by atoms with Crippen LogP contribution in [0, 0.1) is 11.6 Å². The molecule has 1 unspecified atom stereocenters. The van der Waals surface area contributed by atoms with E-state index in [0.717, 1.165) is 5.56 Å². The number of esters is 1. The highest BCUT2D eigenvalue weighted by Crippen LogP contribution is 2.18. The Labute approximate surface area is 90.7 Å². The van der Waals surface area contributed by atoms with Crippen molar-refractivity contribution in [1.82, 2.24) is 9.55 Å². The van der Waals surface area contributed by atoms with Gasteiger partial charge in [0, 0.05) is 18.2 Å². The fourth-order valence-electron chi connectivity index (χ4n) is 1.56. The molecule has 1 aromatic rings. The quantitative estimate of drug-likeness (QED) is 0.565. The van der Waals surface area contributed by atoms with Gasteiger partial charge in [0.05, 0.1) is 6.61 Å². The van der Waals surface area contributed by atoms with Crippen LogP contribution in [0.3, 0.4) is 0 Å². The van der Waals surface area contributed by atoms with Gasteiger partial charge in [0.15, 0.2) is 0 Å². The molecule has 0 amide bonds. The van der Waals surface area contributed by atoms with Gasteiger partial charge in [0.1, 0.15) is 10.7 Å². The molecule has 0 bridgehead atoms. The Kier molecular flexibility index (Phi) is 2.44. The Morgan fingerprint density at radius 3 is 2.93 bits per heavy atom. The standard InChI is InChI=1S/C9H10N2O3S/c1-5-4-11(9(13)10-7(5)15)6-2-3-14-8(6)12/h4,6H,2-3H2,1H3,(H,10,13,15). The number of carbonyl (C=O) groups is 1. The molecule has 0 spiro atoms. The summed E-state index contributed by atoms with van der Waals surface area (Å²) in [6.07, 6.45) is 2.13. The number of rotatable bonds is 1. The zero-order chi connectivity index (χ0) is 11.0. The van der Waals surface area contributed by atoms with Crippen LogP contribution in [0.25, 0.3) is 0 Å². The van der Waals surface area contributed by atoms with Crippen LogP contribution in [0.5, 0.6) is 0 Å². The second-order valence-electron chi connectivity index (χ2n) is 3.45. The van der Waals surface area contributed by atoms with Crippen LogP contribution in [-0.4, -0.2) is 22.1 Å². The molecular formula is C9H10N2O3S. The molecule has 1 aliphatic heterocycles. The molecule has 1 fully saturated rings. The first-order valence-electron chi connectivity index (χ1n) is 4.58. The summed E-state index contributed by atoms with van der Waals surface area (Å²) in [5.74, 6) is -0.359. The molecule has 1 N–H and O–H groups in total. The number of carbonyl (C=O) groups excluding carboxylic acids is 1. The van der Waals surface area contributed by atoms with Crippen LogP contribution in [0.1, 0.15) is 18.0 Å². The lowest BCUT2D eigenvalue weighted by Gasteiger charge is -2.09. The van der Waals surface area contributed by atoms with E-state index in [1.807, 2.05) is 0 Å². The van der Waals surface area contributed by atoms with Gasteiger partial charge in [-0.2, -0.15) is 0 Å². The van der Waals surface area contributed by atoms with Gasteiger partial charge in [0.25, 0.3) is 0 Å². The van der Waals surface area contributed by atoms with Crippen LogP contribution in [-0.2, 0) is 9.53 Å². The van der Waals surface area contributed by atoms with E-state index in [1.54, 1.807) is 13.1 Å². The first kappa shape index (κ1) is 10.1. The lowest BCUT2D eigenvalue weighted by atomic mass is 10.2. The minimum absolute atomic E-state index is 0.359. The highest BCUT2D eigenvalue weighted by molar-refractivity contribution is 7.71. The van der Waals surface area contributed by atoms with Gasteiger partial charge in [-0.3, -0.25) is 9.55 Å². The van der Waals surface area contributed by atoms with E-state index in [1.165, 1.54) is 4.57 Å². The van der Waals surface area contributed by atoms with Crippen molar-refractivity contribution in [2.24, 2.45) is 0 Å². The van der Waals surface area contributed by atoms with Gasteiger partial charge in [-0.25, -0.2) is 9.59 Å². The number of hydrogen-bond donors (Lipinski definition) is 1. The molecule has 2 rings (SSSR count). The van der Waals surface area contributed by atoms with Crippen LogP contribution < -0.4 is 5.69 Å². The third-order valence-electron chi connectivity index (χ3n) is 2.39.